The molecule has 0 aliphatic carbocycles. The number of nitrogens with zero attached hydrogens (tertiary/aromatic N) is 1. The Morgan fingerprint density at radius 2 is 2.00 bits per heavy atom. The second kappa shape index (κ2) is 5.29. The van der Waals surface area contributed by atoms with Crippen LogP contribution in [0.3, 0.4) is 0 Å². The van der Waals surface area contributed by atoms with Gasteiger partial charge in [0.1, 0.15) is 5.75 Å². The van der Waals surface area contributed by atoms with Crippen molar-refractivity contribution in [3.8, 4) is 11.6 Å². The maximum atomic E-state index is 8.93. The molecule has 0 saturated carbocycles. The minimum Gasteiger partial charge on any atom is -0.439 e. The average Bonchev–Trinajstić information content (AvgIpc) is 2.35. The van der Waals surface area contributed by atoms with Crippen LogP contribution in [0, 0.1) is 6.92 Å². The van der Waals surface area contributed by atoms with Gasteiger partial charge in [0.05, 0.1) is 6.61 Å². The molecule has 0 bridgehead atoms. The third-order valence-corrected chi connectivity index (χ3v) is 3.18. The van der Waals surface area contributed by atoms with Crippen LogP contribution in [-0.4, -0.2) is 10.1 Å². The molecule has 17 heavy (non-hydrogen) atoms. The number of aliphatic hydroxyl groups is 1. The van der Waals surface area contributed by atoms with E-state index in [1.807, 2.05) is 37.3 Å². The molecule has 0 fully saturated rings. The van der Waals surface area contributed by atoms with E-state index >= 15 is 0 Å². The molecule has 0 atom stereocenters. The predicted molar refractivity (Wildman–Crippen MR) is 69.1 cm³/mol. The zero-order valence-electron chi connectivity index (χ0n) is 9.35. The number of aryl methyl sites for hydroxylation is 1. The number of aromatic nitrogens is 1. The summed E-state index contributed by atoms with van der Waals surface area (Å²) < 4.78 is 6.56. The Labute approximate surface area is 108 Å². The zero-order chi connectivity index (χ0) is 12.3. The number of hydrogen-bond donors (Lipinski definition) is 1. The van der Waals surface area contributed by atoms with E-state index in [1.54, 1.807) is 6.20 Å². The second-order valence-corrected chi connectivity index (χ2v) is 4.53. The lowest BCUT2D eigenvalue weighted by atomic mass is 10.2. The molecule has 2 aromatic rings. The molecule has 0 saturated heterocycles. The molecule has 1 heterocycles. The van der Waals surface area contributed by atoms with Crippen molar-refractivity contribution >= 4 is 15.9 Å². The second-order valence-electron chi connectivity index (χ2n) is 3.68. The van der Waals surface area contributed by atoms with Crippen molar-refractivity contribution in [1.82, 2.24) is 4.98 Å². The van der Waals surface area contributed by atoms with Crippen LogP contribution in [0.4, 0.5) is 0 Å². The van der Waals surface area contributed by atoms with Crippen LogP contribution in [0.5, 0.6) is 11.6 Å². The number of hydrogen-bond acceptors (Lipinski definition) is 3. The highest BCUT2D eigenvalue weighted by atomic mass is 79.9. The van der Waals surface area contributed by atoms with Gasteiger partial charge in [-0.2, -0.15) is 0 Å². The van der Waals surface area contributed by atoms with E-state index in [1.165, 1.54) is 0 Å². The van der Waals surface area contributed by atoms with Gasteiger partial charge in [-0.1, -0.05) is 12.1 Å². The summed E-state index contributed by atoms with van der Waals surface area (Å²) in [5.41, 5.74) is 1.93. The maximum absolute atomic E-state index is 8.93. The van der Waals surface area contributed by atoms with Crippen LogP contribution >= 0.6 is 15.9 Å². The molecule has 3 nitrogen and oxygen atoms in total. The summed E-state index contributed by atoms with van der Waals surface area (Å²) in [6, 6.07) is 9.13. The molecule has 2 rings (SSSR count). The Kier molecular flexibility index (Phi) is 3.76. The van der Waals surface area contributed by atoms with Crippen molar-refractivity contribution < 1.29 is 9.84 Å². The van der Waals surface area contributed by atoms with Gasteiger partial charge in [0.2, 0.25) is 5.88 Å². The van der Waals surface area contributed by atoms with Gasteiger partial charge < -0.3 is 9.84 Å². The summed E-state index contributed by atoms with van der Waals surface area (Å²) in [7, 11) is 0. The number of rotatable bonds is 3. The van der Waals surface area contributed by atoms with Crippen LogP contribution < -0.4 is 4.74 Å². The van der Waals surface area contributed by atoms with Crippen molar-refractivity contribution in [2.24, 2.45) is 0 Å². The third-order valence-electron chi connectivity index (χ3n) is 2.35. The topological polar surface area (TPSA) is 42.4 Å². The maximum Gasteiger partial charge on any atom is 0.219 e. The minimum atomic E-state index is 0.0376. The summed E-state index contributed by atoms with van der Waals surface area (Å²) in [4.78, 5) is 4.16. The quantitative estimate of drug-likeness (QED) is 0.943. The first-order valence-electron chi connectivity index (χ1n) is 5.19. The molecule has 0 spiro atoms. The summed E-state index contributed by atoms with van der Waals surface area (Å²) in [6.07, 6.45) is 1.72. The van der Waals surface area contributed by atoms with E-state index in [0.717, 1.165) is 15.6 Å². The first-order valence-corrected chi connectivity index (χ1v) is 5.98. The van der Waals surface area contributed by atoms with Crippen LogP contribution in [0.1, 0.15) is 11.1 Å². The van der Waals surface area contributed by atoms with Gasteiger partial charge >= 0.3 is 0 Å². The van der Waals surface area contributed by atoms with Crippen molar-refractivity contribution in [2.75, 3.05) is 0 Å². The Balaban J connectivity index is 2.16. The lowest BCUT2D eigenvalue weighted by molar-refractivity contribution is 0.281. The van der Waals surface area contributed by atoms with E-state index in [4.69, 9.17) is 9.84 Å². The molecule has 0 amide bonds. The monoisotopic (exact) mass is 293 g/mol. The third kappa shape index (κ3) is 3.05. The fraction of sp³-hybridized carbons (Fsp3) is 0.154. The van der Waals surface area contributed by atoms with Crippen LogP contribution in [0.15, 0.2) is 41.0 Å². The van der Waals surface area contributed by atoms with Gasteiger partial charge in [-0.15, -0.1) is 0 Å². The Bertz CT molecular complexity index is 511. The summed E-state index contributed by atoms with van der Waals surface area (Å²) in [5, 5.41) is 8.93. The summed E-state index contributed by atoms with van der Waals surface area (Å²) >= 11 is 3.39. The van der Waals surface area contributed by atoms with Crippen LogP contribution in [0.25, 0.3) is 0 Å². The van der Waals surface area contributed by atoms with E-state index in [0.29, 0.717) is 11.6 Å². The molecule has 0 unspecified atom stereocenters. The molecule has 88 valence electrons. The SMILES string of the molecule is Cc1cc(Oc2ccc(CO)cc2)ncc1Br. The smallest absolute Gasteiger partial charge is 0.219 e. The van der Waals surface area contributed by atoms with Gasteiger partial charge in [0.15, 0.2) is 0 Å². The summed E-state index contributed by atoms with van der Waals surface area (Å²) in [5.74, 6) is 1.26. The standard InChI is InChI=1S/C13H12BrNO2/c1-9-6-13(15-7-12(9)14)17-11-4-2-10(8-16)3-5-11/h2-7,16H,8H2,1H3. The molecule has 1 N–H and O–H groups in total. The highest BCUT2D eigenvalue weighted by molar-refractivity contribution is 9.10. The number of benzene rings is 1. The first-order chi connectivity index (χ1) is 8.19. The van der Waals surface area contributed by atoms with Crippen molar-refractivity contribution in [3.05, 3.63) is 52.1 Å². The number of ether oxygens (including phenoxy) is 1. The molecule has 1 aromatic carbocycles. The zero-order valence-corrected chi connectivity index (χ0v) is 10.9. The fourth-order valence-electron chi connectivity index (χ4n) is 1.35. The van der Waals surface area contributed by atoms with E-state index < -0.39 is 0 Å². The Hall–Kier alpha value is -1.39. The van der Waals surface area contributed by atoms with Crippen molar-refractivity contribution in [1.29, 1.82) is 0 Å². The molecule has 0 aliphatic rings. The van der Waals surface area contributed by atoms with Gasteiger partial charge in [0.25, 0.3) is 0 Å². The van der Waals surface area contributed by atoms with Crippen molar-refractivity contribution in [2.45, 2.75) is 13.5 Å². The molecular formula is C13H12BrNO2. The highest BCUT2D eigenvalue weighted by Crippen LogP contribution is 2.23. The molecule has 1 aromatic heterocycles. The Morgan fingerprint density at radius 3 is 2.59 bits per heavy atom. The average molecular weight is 294 g/mol. The van der Waals surface area contributed by atoms with E-state index in [-0.39, 0.29) is 6.61 Å². The highest BCUT2D eigenvalue weighted by Gasteiger charge is 2.01. The minimum absolute atomic E-state index is 0.0376. The van der Waals surface area contributed by atoms with Crippen LogP contribution in [-0.2, 0) is 6.61 Å². The largest absolute Gasteiger partial charge is 0.439 e. The fourth-order valence-corrected chi connectivity index (χ4v) is 1.57. The number of halogens is 1. The van der Waals surface area contributed by atoms with Crippen molar-refractivity contribution in [3.63, 3.8) is 0 Å². The predicted octanol–water partition coefficient (Wildman–Crippen LogP) is 3.44. The van der Waals surface area contributed by atoms with Gasteiger partial charge in [-0.3, -0.25) is 0 Å². The van der Waals surface area contributed by atoms with Gasteiger partial charge in [0, 0.05) is 16.7 Å². The van der Waals surface area contributed by atoms with E-state index in [9.17, 15) is 0 Å². The Morgan fingerprint density at radius 1 is 1.29 bits per heavy atom. The number of pyridine rings is 1. The van der Waals surface area contributed by atoms with Gasteiger partial charge in [-0.25, -0.2) is 4.98 Å². The van der Waals surface area contributed by atoms with Gasteiger partial charge in [-0.05, 0) is 46.1 Å². The molecule has 4 heteroatoms. The first kappa shape index (κ1) is 12.1. The summed E-state index contributed by atoms with van der Waals surface area (Å²) in [6.45, 7) is 2.02. The van der Waals surface area contributed by atoms with Crippen LogP contribution in [0.2, 0.25) is 0 Å². The lowest BCUT2D eigenvalue weighted by Crippen LogP contribution is -1.90. The number of aliphatic hydroxyl groups excluding tert-OH is 1. The molecule has 0 aliphatic heterocycles. The molecular weight excluding hydrogens is 282 g/mol. The normalized spacial score (nSPS) is 10.3. The lowest BCUT2D eigenvalue weighted by Gasteiger charge is -2.06. The molecule has 0 radical (unpaired) electrons. The van der Waals surface area contributed by atoms with E-state index in [2.05, 4.69) is 20.9 Å².